The third-order valence-electron chi connectivity index (χ3n) is 5.11. The van der Waals surface area contributed by atoms with Crippen molar-refractivity contribution in [2.75, 3.05) is 51.4 Å². The highest BCUT2D eigenvalue weighted by molar-refractivity contribution is 7.13. The Morgan fingerprint density at radius 2 is 2.06 bits per heavy atom. The molecule has 0 amide bonds. The molecule has 0 aliphatic carbocycles. The molecular formula is C23H35N5O2S. The summed E-state index contributed by atoms with van der Waals surface area (Å²) in [6, 6.07) is 6.23. The molecule has 1 saturated heterocycles. The number of guanidine groups is 1. The largest absolute Gasteiger partial charge is 0.491 e. The Hall–Kier alpha value is -2.32. The summed E-state index contributed by atoms with van der Waals surface area (Å²) >= 11 is 1.75. The number of rotatable bonds is 11. The van der Waals surface area contributed by atoms with E-state index in [0.29, 0.717) is 19.8 Å². The molecule has 0 unspecified atom stereocenters. The zero-order valence-corrected chi connectivity index (χ0v) is 19.8. The predicted octanol–water partition coefficient (Wildman–Crippen LogP) is 3.37. The zero-order chi connectivity index (χ0) is 21.9. The highest BCUT2D eigenvalue weighted by Gasteiger charge is 2.15. The molecule has 2 aromatic rings. The van der Waals surface area contributed by atoms with Crippen molar-refractivity contribution in [3.8, 4) is 5.75 Å². The maximum absolute atomic E-state index is 5.89. The first-order valence-electron chi connectivity index (χ1n) is 11.1. The topological polar surface area (TPSA) is 71.0 Å². The minimum Gasteiger partial charge on any atom is -0.491 e. The van der Waals surface area contributed by atoms with Crippen LogP contribution in [0, 0.1) is 6.92 Å². The van der Waals surface area contributed by atoms with Crippen LogP contribution in [0.25, 0.3) is 0 Å². The molecule has 0 saturated carbocycles. The SMILES string of the molecule is CCNC(=NCc1ccc(C)cc1OCCOC)NCCc1csc(N2CCCC2)n1. The van der Waals surface area contributed by atoms with Gasteiger partial charge in [0.2, 0.25) is 0 Å². The summed E-state index contributed by atoms with van der Waals surface area (Å²) < 4.78 is 11.0. The maximum Gasteiger partial charge on any atom is 0.191 e. The number of hydrogen-bond acceptors (Lipinski definition) is 6. The second-order valence-corrected chi connectivity index (χ2v) is 8.48. The van der Waals surface area contributed by atoms with E-state index in [9.17, 15) is 0 Å². The standard InChI is InChI=1S/C23H35N5O2S/c1-4-24-22(25-10-9-20-17-31-23(27-20)28-11-5-6-12-28)26-16-19-8-7-18(2)15-21(19)30-14-13-29-3/h7-8,15,17H,4-6,9-14,16H2,1-3H3,(H2,24,25,26). The van der Waals surface area contributed by atoms with Crippen molar-refractivity contribution >= 4 is 22.4 Å². The molecule has 170 valence electrons. The Morgan fingerprint density at radius 1 is 1.23 bits per heavy atom. The number of anilines is 1. The average molecular weight is 446 g/mol. The second kappa shape index (κ2) is 12.5. The lowest BCUT2D eigenvalue weighted by Gasteiger charge is -2.13. The minimum atomic E-state index is 0.530. The molecule has 2 N–H and O–H groups in total. The van der Waals surface area contributed by atoms with Gasteiger partial charge in [0.05, 0.1) is 18.8 Å². The van der Waals surface area contributed by atoms with Crippen LogP contribution in [0.2, 0.25) is 0 Å². The summed E-state index contributed by atoms with van der Waals surface area (Å²) in [6.45, 7) is 9.66. The van der Waals surface area contributed by atoms with Gasteiger partial charge in [0.1, 0.15) is 12.4 Å². The van der Waals surface area contributed by atoms with Gasteiger partial charge in [-0.1, -0.05) is 12.1 Å². The van der Waals surface area contributed by atoms with E-state index in [-0.39, 0.29) is 0 Å². The lowest BCUT2D eigenvalue weighted by molar-refractivity contribution is 0.145. The first-order valence-corrected chi connectivity index (χ1v) is 12.0. The Bertz CT molecular complexity index is 833. The lowest BCUT2D eigenvalue weighted by Crippen LogP contribution is -2.38. The molecule has 0 bridgehead atoms. The van der Waals surface area contributed by atoms with Crippen LogP contribution in [-0.4, -0.2) is 57.4 Å². The summed E-state index contributed by atoms with van der Waals surface area (Å²) in [5, 5.41) is 10.1. The fourth-order valence-corrected chi connectivity index (χ4v) is 4.36. The highest BCUT2D eigenvalue weighted by Crippen LogP contribution is 2.24. The molecule has 1 aliphatic rings. The van der Waals surface area contributed by atoms with Crippen molar-refractivity contribution in [2.45, 2.75) is 39.7 Å². The molecule has 1 fully saturated rings. The van der Waals surface area contributed by atoms with Gasteiger partial charge in [-0.2, -0.15) is 0 Å². The Labute approximate surface area is 189 Å². The van der Waals surface area contributed by atoms with Crippen molar-refractivity contribution in [1.29, 1.82) is 0 Å². The molecule has 1 aliphatic heterocycles. The van der Waals surface area contributed by atoms with Gasteiger partial charge >= 0.3 is 0 Å². The second-order valence-electron chi connectivity index (χ2n) is 7.64. The predicted molar refractivity (Wildman–Crippen MR) is 129 cm³/mol. The van der Waals surface area contributed by atoms with Gasteiger partial charge in [0.15, 0.2) is 11.1 Å². The molecule has 2 heterocycles. The molecular weight excluding hydrogens is 410 g/mol. The Balaban J connectivity index is 1.54. The number of nitrogens with one attached hydrogen (secondary N) is 2. The minimum absolute atomic E-state index is 0.530. The molecule has 0 radical (unpaired) electrons. The molecule has 1 aromatic heterocycles. The van der Waals surface area contributed by atoms with Gasteiger partial charge in [-0.15, -0.1) is 11.3 Å². The normalized spacial score (nSPS) is 14.2. The quantitative estimate of drug-likeness (QED) is 0.314. The van der Waals surface area contributed by atoms with Gasteiger partial charge in [-0.3, -0.25) is 0 Å². The molecule has 8 heteroatoms. The fraction of sp³-hybridized carbons (Fsp3) is 0.565. The van der Waals surface area contributed by atoms with Gasteiger partial charge in [-0.05, 0) is 38.3 Å². The Morgan fingerprint density at radius 3 is 2.84 bits per heavy atom. The number of ether oxygens (including phenoxy) is 2. The van der Waals surface area contributed by atoms with Crippen molar-refractivity contribution in [1.82, 2.24) is 15.6 Å². The Kier molecular flexibility index (Phi) is 9.42. The third kappa shape index (κ3) is 7.40. The van der Waals surface area contributed by atoms with Crippen molar-refractivity contribution in [2.24, 2.45) is 4.99 Å². The first kappa shape index (κ1) is 23.3. The number of nitrogens with zero attached hydrogens (tertiary/aromatic N) is 3. The van der Waals surface area contributed by atoms with Crippen LogP contribution >= 0.6 is 11.3 Å². The van der Waals surface area contributed by atoms with Crippen LogP contribution in [0.3, 0.4) is 0 Å². The maximum atomic E-state index is 5.89. The summed E-state index contributed by atoms with van der Waals surface area (Å²) in [7, 11) is 1.68. The smallest absolute Gasteiger partial charge is 0.191 e. The molecule has 7 nitrogen and oxygen atoms in total. The van der Waals surface area contributed by atoms with E-state index in [0.717, 1.165) is 60.7 Å². The molecule has 0 spiro atoms. The van der Waals surface area contributed by atoms with E-state index in [1.165, 1.54) is 18.4 Å². The molecule has 1 aromatic carbocycles. The lowest BCUT2D eigenvalue weighted by atomic mass is 10.1. The van der Waals surface area contributed by atoms with Crippen LogP contribution in [-0.2, 0) is 17.7 Å². The first-order chi connectivity index (χ1) is 15.2. The van der Waals surface area contributed by atoms with Crippen LogP contribution < -0.4 is 20.3 Å². The van der Waals surface area contributed by atoms with E-state index in [4.69, 9.17) is 19.5 Å². The number of hydrogen-bond donors (Lipinski definition) is 2. The van der Waals surface area contributed by atoms with Crippen molar-refractivity contribution in [3.63, 3.8) is 0 Å². The van der Waals surface area contributed by atoms with Crippen molar-refractivity contribution < 1.29 is 9.47 Å². The van der Waals surface area contributed by atoms with Crippen LogP contribution in [0.4, 0.5) is 5.13 Å². The number of methoxy groups -OCH3 is 1. The summed E-state index contributed by atoms with van der Waals surface area (Å²) in [5.41, 5.74) is 3.37. The van der Waals surface area contributed by atoms with Gasteiger partial charge in [0.25, 0.3) is 0 Å². The number of benzene rings is 1. The summed E-state index contributed by atoms with van der Waals surface area (Å²) in [6.07, 6.45) is 3.43. The van der Waals surface area contributed by atoms with E-state index in [1.807, 2.05) is 0 Å². The average Bonchev–Trinajstić information content (AvgIpc) is 3.45. The number of aryl methyl sites for hydroxylation is 1. The van der Waals surface area contributed by atoms with Gasteiger partial charge in [-0.25, -0.2) is 9.98 Å². The van der Waals surface area contributed by atoms with Crippen LogP contribution in [0.5, 0.6) is 5.75 Å². The van der Waals surface area contributed by atoms with E-state index in [1.54, 1.807) is 18.4 Å². The molecule has 31 heavy (non-hydrogen) atoms. The van der Waals surface area contributed by atoms with Gasteiger partial charge in [0, 0.05) is 50.7 Å². The van der Waals surface area contributed by atoms with E-state index >= 15 is 0 Å². The summed E-state index contributed by atoms with van der Waals surface area (Å²) in [4.78, 5) is 12.0. The fourth-order valence-electron chi connectivity index (χ4n) is 3.44. The summed E-state index contributed by atoms with van der Waals surface area (Å²) in [5.74, 6) is 1.68. The third-order valence-corrected chi connectivity index (χ3v) is 6.06. The number of aliphatic imine (C=N–C) groups is 1. The highest BCUT2D eigenvalue weighted by atomic mass is 32.1. The number of thiazole rings is 1. The molecule has 0 atom stereocenters. The van der Waals surface area contributed by atoms with Crippen LogP contribution in [0.15, 0.2) is 28.6 Å². The van der Waals surface area contributed by atoms with E-state index in [2.05, 4.69) is 53.0 Å². The zero-order valence-electron chi connectivity index (χ0n) is 18.9. The molecule has 3 rings (SSSR count). The van der Waals surface area contributed by atoms with Gasteiger partial charge < -0.3 is 25.0 Å². The van der Waals surface area contributed by atoms with Crippen molar-refractivity contribution in [3.05, 3.63) is 40.4 Å². The van der Waals surface area contributed by atoms with E-state index < -0.39 is 0 Å². The number of aromatic nitrogens is 1. The monoisotopic (exact) mass is 445 g/mol. The van der Waals surface area contributed by atoms with Crippen LogP contribution in [0.1, 0.15) is 36.6 Å².